The molecule has 0 aliphatic carbocycles. The number of ether oxygens (including phenoxy) is 1. The zero-order valence-corrected chi connectivity index (χ0v) is 13.8. The van der Waals surface area contributed by atoms with Gasteiger partial charge in [-0.2, -0.15) is 0 Å². The maximum absolute atomic E-state index is 11.6. The van der Waals surface area contributed by atoms with E-state index in [-0.39, 0.29) is 5.78 Å². The van der Waals surface area contributed by atoms with Crippen LogP contribution in [0.15, 0.2) is 48.5 Å². The number of anilines is 1. The van der Waals surface area contributed by atoms with Gasteiger partial charge < -0.3 is 4.74 Å². The molecule has 0 aliphatic heterocycles. The lowest BCUT2D eigenvalue weighted by Crippen LogP contribution is -2.29. The second-order valence-electron chi connectivity index (χ2n) is 6.33. The van der Waals surface area contributed by atoms with E-state index in [4.69, 9.17) is 9.94 Å². The molecule has 122 valence electrons. The minimum atomic E-state index is -0.530. The lowest BCUT2D eigenvalue weighted by atomic mass is 9.90. The van der Waals surface area contributed by atoms with Crippen molar-refractivity contribution in [2.24, 2.45) is 5.41 Å². The van der Waals surface area contributed by atoms with Crippen LogP contribution in [-0.2, 0) is 11.2 Å². The quantitative estimate of drug-likeness (QED) is 0.756. The van der Waals surface area contributed by atoms with Crippen molar-refractivity contribution in [3.8, 4) is 5.75 Å². The van der Waals surface area contributed by atoms with E-state index in [0.717, 1.165) is 16.9 Å². The third-order valence-corrected chi connectivity index (χ3v) is 3.97. The Balaban J connectivity index is 2.23. The molecule has 2 aromatic carbocycles. The van der Waals surface area contributed by atoms with Crippen LogP contribution in [0, 0.1) is 5.41 Å². The highest BCUT2D eigenvalue weighted by atomic mass is 16.5. The van der Waals surface area contributed by atoms with Crippen molar-refractivity contribution in [2.75, 3.05) is 12.1 Å². The number of rotatable bonds is 7. The molecule has 0 spiro atoms. The van der Waals surface area contributed by atoms with E-state index in [1.807, 2.05) is 56.3 Å². The largest absolute Gasteiger partial charge is 0.492 e. The number of hydrogen-bond acceptors (Lipinski definition) is 4. The molecule has 0 aliphatic rings. The van der Waals surface area contributed by atoms with Crippen LogP contribution in [0.25, 0.3) is 0 Å². The van der Waals surface area contributed by atoms with E-state index in [2.05, 4.69) is 5.48 Å². The summed E-state index contributed by atoms with van der Waals surface area (Å²) in [4.78, 5) is 11.6. The highest BCUT2D eigenvalue weighted by Crippen LogP contribution is 2.27. The van der Waals surface area contributed by atoms with E-state index in [9.17, 15) is 4.79 Å². The number of carbonyl (C=O) groups is 1. The van der Waals surface area contributed by atoms with Crippen molar-refractivity contribution >= 4 is 11.5 Å². The molecule has 0 heterocycles. The molecule has 2 aromatic rings. The number of benzene rings is 2. The van der Waals surface area contributed by atoms with E-state index in [1.165, 1.54) is 0 Å². The average molecular weight is 313 g/mol. The first-order chi connectivity index (χ1) is 10.9. The molecular weight excluding hydrogens is 290 g/mol. The fourth-order valence-corrected chi connectivity index (χ4v) is 2.10. The van der Waals surface area contributed by atoms with Crippen LogP contribution >= 0.6 is 0 Å². The van der Waals surface area contributed by atoms with Crippen LogP contribution in [0.4, 0.5) is 5.69 Å². The van der Waals surface area contributed by atoms with Crippen LogP contribution in [-0.4, -0.2) is 17.6 Å². The molecule has 0 amide bonds. The van der Waals surface area contributed by atoms with Crippen molar-refractivity contribution in [3.05, 3.63) is 59.7 Å². The normalized spacial score (nSPS) is 11.1. The van der Waals surface area contributed by atoms with Crippen LogP contribution in [0.3, 0.4) is 0 Å². The summed E-state index contributed by atoms with van der Waals surface area (Å²) >= 11 is 0. The fraction of sp³-hybridized carbons (Fsp3) is 0.316. The second-order valence-corrected chi connectivity index (χ2v) is 6.33. The van der Waals surface area contributed by atoms with Crippen molar-refractivity contribution in [1.29, 1.82) is 0 Å². The molecule has 0 saturated heterocycles. The van der Waals surface area contributed by atoms with Gasteiger partial charge in [-0.05, 0) is 44.5 Å². The molecule has 2 N–H and O–H groups in total. The van der Waals surface area contributed by atoms with Gasteiger partial charge in [0.1, 0.15) is 18.1 Å². The summed E-state index contributed by atoms with van der Waals surface area (Å²) in [5, 5.41) is 9.12. The highest BCUT2D eigenvalue weighted by Gasteiger charge is 2.25. The van der Waals surface area contributed by atoms with E-state index in [1.54, 1.807) is 13.0 Å². The Morgan fingerprint density at radius 2 is 1.87 bits per heavy atom. The maximum Gasteiger partial charge on any atom is 0.138 e. The zero-order valence-electron chi connectivity index (χ0n) is 13.8. The monoisotopic (exact) mass is 313 g/mol. The van der Waals surface area contributed by atoms with Crippen molar-refractivity contribution < 1.29 is 14.7 Å². The smallest absolute Gasteiger partial charge is 0.138 e. The number of nitrogens with one attached hydrogen (secondary N) is 1. The van der Waals surface area contributed by atoms with Gasteiger partial charge in [0.15, 0.2) is 0 Å². The first-order valence-electron chi connectivity index (χ1n) is 7.63. The fourth-order valence-electron chi connectivity index (χ4n) is 2.10. The molecule has 0 bridgehead atoms. The molecule has 0 fully saturated rings. The Labute approximate surface area is 137 Å². The van der Waals surface area contributed by atoms with Gasteiger partial charge in [0.2, 0.25) is 0 Å². The topological polar surface area (TPSA) is 58.6 Å². The molecule has 0 saturated carbocycles. The van der Waals surface area contributed by atoms with Gasteiger partial charge in [-0.25, -0.2) is 0 Å². The standard InChI is InChI=1S/C19H23NO3/c1-14(21)19(2,3)13-23-18-10-9-17(20-22)12-16(18)11-15-7-5-4-6-8-15/h4-10,12,20,22H,11,13H2,1-3H3. The van der Waals surface area contributed by atoms with E-state index >= 15 is 0 Å². The van der Waals surface area contributed by atoms with Gasteiger partial charge in [-0.15, -0.1) is 0 Å². The molecule has 4 heteroatoms. The molecule has 2 rings (SSSR count). The predicted octanol–water partition coefficient (Wildman–Crippen LogP) is 4.07. The Morgan fingerprint density at radius 3 is 2.48 bits per heavy atom. The minimum absolute atomic E-state index is 0.0933. The van der Waals surface area contributed by atoms with Crippen molar-refractivity contribution in [3.63, 3.8) is 0 Å². The molecular formula is C19H23NO3. The summed E-state index contributed by atoms with van der Waals surface area (Å²) in [7, 11) is 0. The van der Waals surface area contributed by atoms with Gasteiger partial charge >= 0.3 is 0 Å². The summed E-state index contributed by atoms with van der Waals surface area (Å²) in [5.74, 6) is 0.818. The van der Waals surface area contributed by atoms with Crippen LogP contribution in [0.5, 0.6) is 5.75 Å². The predicted molar refractivity (Wildman–Crippen MR) is 91.1 cm³/mol. The van der Waals surface area contributed by atoms with Crippen LogP contribution < -0.4 is 10.2 Å². The Morgan fingerprint density at radius 1 is 1.17 bits per heavy atom. The van der Waals surface area contributed by atoms with Gasteiger partial charge in [0, 0.05) is 12.0 Å². The Kier molecular flexibility index (Phi) is 5.40. The summed E-state index contributed by atoms with van der Waals surface area (Å²) < 4.78 is 5.90. The number of hydrogen-bond donors (Lipinski definition) is 2. The summed E-state index contributed by atoms with van der Waals surface area (Å²) in [5.41, 5.74) is 4.34. The maximum atomic E-state index is 11.6. The summed E-state index contributed by atoms with van der Waals surface area (Å²) in [6, 6.07) is 15.4. The molecule has 4 nitrogen and oxygen atoms in total. The summed E-state index contributed by atoms with van der Waals surface area (Å²) in [6.07, 6.45) is 0.687. The lowest BCUT2D eigenvalue weighted by Gasteiger charge is -2.22. The molecule has 23 heavy (non-hydrogen) atoms. The van der Waals surface area contributed by atoms with Gasteiger partial charge in [-0.1, -0.05) is 30.3 Å². The average Bonchev–Trinajstić information content (AvgIpc) is 2.54. The molecule has 0 unspecified atom stereocenters. The first-order valence-corrected chi connectivity index (χ1v) is 7.63. The SMILES string of the molecule is CC(=O)C(C)(C)COc1ccc(NO)cc1Cc1ccccc1. The Bertz CT molecular complexity index is 666. The van der Waals surface area contributed by atoms with Crippen molar-refractivity contribution in [1.82, 2.24) is 0 Å². The van der Waals surface area contributed by atoms with Gasteiger partial charge in [0.25, 0.3) is 0 Å². The van der Waals surface area contributed by atoms with E-state index < -0.39 is 5.41 Å². The molecule has 0 atom stereocenters. The number of Topliss-reactive ketones (excluding diaryl/α,β-unsaturated/α-hetero) is 1. The third kappa shape index (κ3) is 4.57. The Hall–Kier alpha value is -2.33. The highest BCUT2D eigenvalue weighted by molar-refractivity contribution is 5.81. The van der Waals surface area contributed by atoms with Crippen LogP contribution in [0.2, 0.25) is 0 Å². The second kappa shape index (κ2) is 7.29. The third-order valence-electron chi connectivity index (χ3n) is 3.97. The van der Waals surface area contributed by atoms with E-state index in [0.29, 0.717) is 18.7 Å². The van der Waals surface area contributed by atoms with Crippen LogP contribution in [0.1, 0.15) is 31.9 Å². The zero-order chi connectivity index (χ0) is 16.9. The number of ketones is 1. The van der Waals surface area contributed by atoms with Gasteiger partial charge in [-0.3, -0.25) is 15.5 Å². The lowest BCUT2D eigenvalue weighted by molar-refractivity contribution is -0.126. The first kappa shape index (κ1) is 17.0. The number of carbonyl (C=O) groups excluding carboxylic acids is 1. The molecule has 0 aromatic heterocycles. The summed E-state index contributed by atoms with van der Waals surface area (Å²) in [6.45, 7) is 5.63. The molecule has 0 radical (unpaired) electrons. The van der Waals surface area contributed by atoms with Crippen molar-refractivity contribution in [2.45, 2.75) is 27.2 Å². The van der Waals surface area contributed by atoms with Gasteiger partial charge in [0.05, 0.1) is 11.1 Å². The minimum Gasteiger partial charge on any atom is -0.492 e.